The molecule has 2 aromatic carbocycles. The molecule has 184 valence electrons. The highest BCUT2D eigenvalue weighted by molar-refractivity contribution is 5.86. The van der Waals surface area contributed by atoms with Crippen molar-refractivity contribution < 1.29 is 29.3 Å². The van der Waals surface area contributed by atoms with Gasteiger partial charge >= 0.3 is 12.1 Å². The predicted octanol–water partition coefficient (Wildman–Crippen LogP) is 2.89. The largest absolute Gasteiger partial charge is 0.480 e. The van der Waals surface area contributed by atoms with E-state index in [1.165, 1.54) is 0 Å². The van der Waals surface area contributed by atoms with E-state index >= 15 is 0 Å². The molecule has 2 fully saturated rings. The Morgan fingerprint density at radius 1 is 0.971 bits per heavy atom. The highest BCUT2D eigenvalue weighted by atomic mass is 16.5. The number of aliphatic carboxylic acids is 1. The predicted molar refractivity (Wildman–Crippen MR) is 128 cm³/mol. The lowest BCUT2D eigenvalue weighted by molar-refractivity contribution is -0.143. The SMILES string of the molecule is O=C(NC1C2CCC(C2)C1C(=O)NC(CCO)C(=O)O)OCC1c2ccccc2-c2ccccc21. The van der Waals surface area contributed by atoms with E-state index in [1.807, 2.05) is 24.3 Å². The van der Waals surface area contributed by atoms with Crippen LogP contribution in [0.4, 0.5) is 4.79 Å². The molecule has 35 heavy (non-hydrogen) atoms. The molecule has 4 N–H and O–H groups in total. The van der Waals surface area contributed by atoms with Crippen LogP contribution in [-0.4, -0.2) is 53.5 Å². The third kappa shape index (κ3) is 4.38. The minimum absolute atomic E-state index is 0.0536. The van der Waals surface area contributed by atoms with E-state index < -0.39 is 30.1 Å². The Kier molecular flexibility index (Phi) is 6.47. The number of alkyl carbamates (subject to hydrolysis) is 1. The Labute approximate surface area is 203 Å². The lowest BCUT2D eigenvalue weighted by Crippen LogP contribution is -2.53. The molecular weight excluding hydrogens is 448 g/mol. The molecule has 2 amide bonds. The third-order valence-electron chi connectivity index (χ3n) is 7.88. The van der Waals surface area contributed by atoms with Crippen LogP contribution in [0.25, 0.3) is 11.1 Å². The van der Waals surface area contributed by atoms with Crippen LogP contribution in [0.2, 0.25) is 0 Å². The van der Waals surface area contributed by atoms with Gasteiger partial charge in [0.25, 0.3) is 0 Å². The maximum atomic E-state index is 13.0. The van der Waals surface area contributed by atoms with E-state index in [9.17, 15) is 19.5 Å². The van der Waals surface area contributed by atoms with Crippen molar-refractivity contribution in [2.45, 2.75) is 43.7 Å². The summed E-state index contributed by atoms with van der Waals surface area (Å²) >= 11 is 0. The fourth-order valence-electron chi connectivity index (χ4n) is 6.31. The first-order valence-electron chi connectivity index (χ1n) is 12.2. The van der Waals surface area contributed by atoms with Crippen LogP contribution in [0.3, 0.4) is 0 Å². The second-order valence-corrected chi connectivity index (χ2v) is 9.77. The first-order chi connectivity index (χ1) is 17.0. The lowest BCUT2D eigenvalue weighted by Gasteiger charge is -2.31. The lowest BCUT2D eigenvalue weighted by atomic mass is 9.83. The molecule has 0 heterocycles. The van der Waals surface area contributed by atoms with E-state index in [-0.39, 0.29) is 43.3 Å². The second kappa shape index (κ2) is 9.70. The van der Waals surface area contributed by atoms with Crippen molar-refractivity contribution in [3.8, 4) is 11.1 Å². The van der Waals surface area contributed by atoms with E-state index in [2.05, 4.69) is 34.9 Å². The number of carbonyl (C=O) groups is 3. The molecule has 8 heteroatoms. The Hall–Kier alpha value is -3.39. The zero-order valence-corrected chi connectivity index (χ0v) is 19.4. The molecule has 0 spiro atoms. The number of aliphatic hydroxyl groups excluding tert-OH is 1. The minimum atomic E-state index is -1.18. The van der Waals surface area contributed by atoms with Gasteiger partial charge in [-0.15, -0.1) is 0 Å². The van der Waals surface area contributed by atoms with Crippen LogP contribution >= 0.6 is 0 Å². The number of nitrogens with one attached hydrogen (secondary N) is 2. The molecule has 2 bridgehead atoms. The first-order valence-corrected chi connectivity index (χ1v) is 12.2. The molecule has 2 saturated carbocycles. The molecule has 0 aromatic heterocycles. The molecule has 0 radical (unpaired) electrons. The van der Waals surface area contributed by atoms with Gasteiger partial charge in [-0.2, -0.15) is 0 Å². The summed E-state index contributed by atoms with van der Waals surface area (Å²) < 4.78 is 5.69. The van der Waals surface area contributed by atoms with Crippen molar-refractivity contribution in [3.63, 3.8) is 0 Å². The topological polar surface area (TPSA) is 125 Å². The van der Waals surface area contributed by atoms with Crippen molar-refractivity contribution in [2.24, 2.45) is 17.8 Å². The molecule has 5 atom stereocenters. The minimum Gasteiger partial charge on any atom is -0.480 e. The fourth-order valence-corrected chi connectivity index (χ4v) is 6.31. The van der Waals surface area contributed by atoms with E-state index in [0.29, 0.717) is 0 Å². The maximum Gasteiger partial charge on any atom is 0.407 e. The number of benzene rings is 2. The molecule has 8 nitrogen and oxygen atoms in total. The van der Waals surface area contributed by atoms with Crippen molar-refractivity contribution in [3.05, 3.63) is 59.7 Å². The summed E-state index contributed by atoms with van der Waals surface area (Å²) in [5.74, 6) is -1.87. The van der Waals surface area contributed by atoms with E-state index in [1.54, 1.807) is 0 Å². The summed E-state index contributed by atoms with van der Waals surface area (Å²) in [6.45, 7) is -0.148. The van der Waals surface area contributed by atoms with Crippen LogP contribution in [0, 0.1) is 17.8 Å². The van der Waals surface area contributed by atoms with Crippen LogP contribution in [-0.2, 0) is 14.3 Å². The van der Waals surface area contributed by atoms with Gasteiger partial charge in [0.15, 0.2) is 0 Å². The van der Waals surface area contributed by atoms with Crippen LogP contribution in [0.5, 0.6) is 0 Å². The molecule has 0 saturated heterocycles. The van der Waals surface area contributed by atoms with Gasteiger partial charge in [-0.05, 0) is 53.4 Å². The summed E-state index contributed by atoms with van der Waals surface area (Å²) in [5, 5.41) is 23.9. The summed E-state index contributed by atoms with van der Waals surface area (Å²) in [6.07, 6.45) is 1.99. The highest BCUT2D eigenvalue weighted by Gasteiger charge is 2.52. The molecule has 3 aliphatic rings. The molecule has 3 aliphatic carbocycles. The number of amides is 2. The Morgan fingerprint density at radius 2 is 1.60 bits per heavy atom. The number of hydrogen-bond acceptors (Lipinski definition) is 5. The number of carboxylic acids is 1. The number of carboxylic acid groups (broad SMARTS) is 1. The van der Waals surface area contributed by atoms with Gasteiger partial charge in [0, 0.05) is 25.0 Å². The normalized spacial score (nSPS) is 24.9. The van der Waals surface area contributed by atoms with Gasteiger partial charge in [0.2, 0.25) is 5.91 Å². The summed E-state index contributed by atoms with van der Waals surface area (Å²) in [5.41, 5.74) is 4.56. The molecule has 5 unspecified atom stereocenters. The highest BCUT2D eigenvalue weighted by Crippen LogP contribution is 2.49. The monoisotopic (exact) mass is 478 g/mol. The van der Waals surface area contributed by atoms with Crippen LogP contribution in [0.1, 0.15) is 42.7 Å². The summed E-state index contributed by atoms with van der Waals surface area (Å²) in [6, 6.07) is 14.7. The zero-order chi connectivity index (χ0) is 24.5. The van der Waals surface area contributed by atoms with Gasteiger partial charge in [0.1, 0.15) is 12.6 Å². The standard InChI is InChI=1S/C27H30N2O6/c30-12-11-22(26(32)33)28-25(31)23-15-9-10-16(13-15)24(23)29-27(34)35-14-21-19-7-3-1-5-17(19)18-6-2-4-8-20(18)21/h1-8,15-16,21-24,30H,9-14H2,(H,28,31)(H,29,34)(H,32,33). The van der Waals surface area contributed by atoms with E-state index in [4.69, 9.17) is 9.84 Å². The number of hydrogen-bond donors (Lipinski definition) is 4. The van der Waals surface area contributed by atoms with E-state index in [0.717, 1.165) is 41.5 Å². The number of carbonyl (C=O) groups excluding carboxylic acids is 2. The Balaban J connectivity index is 1.25. The van der Waals surface area contributed by atoms with Crippen molar-refractivity contribution in [1.82, 2.24) is 10.6 Å². The summed E-state index contributed by atoms with van der Waals surface area (Å²) in [7, 11) is 0. The average Bonchev–Trinajstić information content (AvgIpc) is 3.54. The number of rotatable bonds is 8. The second-order valence-electron chi connectivity index (χ2n) is 9.77. The van der Waals surface area contributed by atoms with Crippen molar-refractivity contribution >= 4 is 18.0 Å². The van der Waals surface area contributed by atoms with Gasteiger partial charge in [-0.3, -0.25) is 4.79 Å². The fraction of sp³-hybridized carbons (Fsp3) is 0.444. The van der Waals surface area contributed by atoms with Crippen molar-refractivity contribution in [2.75, 3.05) is 13.2 Å². The van der Waals surface area contributed by atoms with Crippen molar-refractivity contribution in [1.29, 1.82) is 0 Å². The Morgan fingerprint density at radius 3 is 2.23 bits per heavy atom. The number of fused-ring (bicyclic) bond motifs is 5. The smallest absolute Gasteiger partial charge is 0.407 e. The maximum absolute atomic E-state index is 13.0. The first kappa shape index (κ1) is 23.4. The quantitative estimate of drug-likeness (QED) is 0.462. The van der Waals surface area contributed by atoms with Gasteiger partial charge in [-0.25, -0.2) is 9.59 Å². The van der Waals surface area contributed by atoms with Gasteiger partial charge in [-0.1, -0.05) is 48.5 Å². The molecule has 0 aliphatic heterocycles. The molecule has 5 rings (SSSR count). The zero-order valence-electron chi connectivity index (χ0n) is 19.4. The summed E-state index contributed by atoms with van der Waals surface area (Å²) in [4.78, 5) is 37.3. The van der Waals surface area contributed by atoms with Gasteiger partial charge < -0.3 is 25.6 Å². The third-order valence-corrected chi connectivity index (χ3v) is 7.88. The number of aliphatic hydroxyl groups is 1. The van der Waals surface area contributed by atoms with Crippen LogP contribution < -0.4 is 10.6 Å². The van der Waals surface area contributed by atoms with Gasteiger partial charge in [0.05, 0.1) is 5.92 Å². The Bertz CT molecular complexity index is 1090. The molecule has 2 aromatic rings. The number of ether oxygens (including phenoxy) is 1. The average molecular weight is 479 g/mol. The molecular formula is C27H30N2O6. The van der Waals surface area contributed by atoms with Crippen LogP contribution in [0.15, 0.2) is 48.5 Å².